The molecule has 0 unspecified atom stereocenters. The number of sulfonamides is 1. The molecule has 8 heteroatoms. The quantitative estimate of drug-likeness (QED) is 0.773. The zero-order valence-corrected chi connectivity index (χ0v) is 14.7. The van der Waals surface area contributed by atoms with Crippen molar-refractivity contribution in [2.75, 3.05) is 29.0 Å². The molecule has 24 heavy (non-hydrogen) atoms. The summed E-state index contributed by atoms with van der Waals surface area (Å²) in [7, 11) is -3.50. The van der Waals surface area contributed by atoms with Crippen LogP contribution in [0.1, 0.15) is 26.2 Å². The lowest BCUT2D eigenvalue weighted by Crippen LogP contribution is -2.41. The standard InChI is InChI=1S/C16H23N3O4S/c1-12(20)18-14-7-4-8-15(11-14)19(24(2,22)23)10-9-17-16(21)13-5-3-6-13/h4,7-8,11,13H,3,5-6,9-10H2,1-2H3,(H,17,21)(H,18,20). The van der Waals surface area contributed by atoms with Crippen LogP contribution in [-0.2, 0) is 19.6 Å². The molecule has 0 radical (unpaired) electrons. The monoisotopic (exact) mass is 353 g/mol. The Morgan fingerprint density at radius 3 is 2.54 bits per heavy atom. The summed E-state index contributed by atoms with van der Waals surface area (Å²) in [6.45, 7) is 1.77. The van der Waals surface area contributed by atoms with Crippen molar-refractivity contribution in [1.82, 2.24) is 5.32 Å². The van der Waals surface area contributed by atoms with Crippen molar-refractivity contribution in [3.63, 3.8) is 0 Å². The molecule has 1 aliphatic rings. The van der Waals surface area contributed by atoms with Gasteiger partial charge in [0, 0.05) is 25.1 Å². The molecule has 0 saturated heterocycles. The fourth-order valence-electron chi connectivity index (χ4n) is 2.52. The molecular formula is C16H23N3O4S. The molecule has 0 spiro atoms. The van der Waals surface area contributed by atoms with Crippen molar-refractivity contribution in [2.45, 2.75) is 26.2 Å². The molecule has 132 valence electrons. The number of nitrogens with one attached hydrogen (secondary N) is 2. The van der Waals surface area contributed by atoms with E-state index in [-0.39, 0.29) is 30.8 Å². The summed E-state index contributed by atoms with van der Waals surface area (Å²) >= 11 is 0. The van der Waals surface area contributed by atoms with Crippen LogP contribution in [-0.4, -0.2) is 39.6 Å². The third-order valence-corrected chi connectivity index (χ3v) is 5.14. The second kappa shape index (κ2) is 7.65. The van der Waals surface area contributed by atoms with E-state index in [1.807, 2.05) is 0 Å². The van der Waals surface area contributed by atoms with E-state index in [9.17, 15) is 18.0 Å². The maximum atomic E-state index is 12.1. The zero-order chi connectivity index (χ0) is 17.7. The second-order valence-electron chi connectivity index (χ2n) is 5.99. The molecular weight excluding hydrogens is 330 g/mol. The van der Waals surface area contributed by atoms with Gasteiger partial charge in [0.15, 0.2) is 0 Å². The molecule has 0 aromatic heterocycles. The van der Waals surface area contributed by atoms with Crippen molar-refractivity contribution in [3.05, 3.63) is 24.3 Å². The van der Waals surface area contributed by atoms with Crippen LogP contribution >= 0.6 is 0 Å². The van der Waals surface area contributed by atoms with Crippen LogP contribution in [0.15, 0.2) is 24.3 Å². The van der Waals surface area contributed by atoms with Gasteiger partial charge in [0.25, 0.3) is 0 Å². The molecule has 1 fully saturated rings. The summed E-state index contributed by atoms with van der Waals surface area (Å²) in [5, 5.41) is 5.41. The number of anilines is 2. The molecule has 2 N–H and O–H groups in total. The molecule has 1 saturated carbocycles. The molecule has 0 heterocycles. The average Bonchev–Trinajstić information content (AvgIpc) is 2.39. The lowest BCUT2D eigenvalue weighted by atomic mass is 9.85. The Bertz CT molecular complexity index is 714. The van der Waals surface area contributed by atoms with Gasteiger partial charge in [0.05, 0.1) is 18.5 Å². The SMILES string of the molecule is CC(=O)Nc1cccc(N(CCNC(=O)C2CCC2)S(C)(=O)=O)c1. The van der Waals surface area contributed by atoms with Crippen molar-refractivity contribution >= 4 is 33.2 Å². The predicted molar refractivity (Wildman–Crippen MR) is 93.3 cm³/mol. The molecule has 0 aliphatic heterocycles. The number of carbonyl (C=O) groups excluding carboxylic acids is 2. The predicted octanol–water partition coefficient (Wildman–Crippen LogP) is 1.33. The molecule has 2 amide bonds. The van der Waals surface area contributed by atoms with Crippen LogP contribution in [0, 0.1) is 5.92 Å². The van der Waals surface area contributed by atoms with Crippen molar-refractivity contribution in [1.29, 1.82) is 0 Å². The molecule has 1 aliphatic carbocycles. The first-order valence-corrected chi connectivity index (χ1v) is 9.75. The lowest BCUT2D eigenvalue weighted by molar-refractivity contribution is -0.127. The lowest BCUT2D eigenvalue weighted by Gasteiger charge is -2.26. The van der Waals surface area contributed by atoms with Crippen LogP contribution < -0.4 is 14.9 Å². The first-order valence-electron chi connectivity index (χ1n) is 7.90. The summed E-state index contributed by atoms with van der Waals surface area (Å²) < 4.78 is 25.4. The highest BCUT2D eigenvalue weighted by molar-refractivity contribution is 7.92. The number of hydrogen-bond acceptors (Lipinski definition) is 4. The number of carbonyl (C=O) groups is 2. The van der Waals surface area contributed by atoms with Crippen molar-refractivity contribution < 1.29 is 18.0 Å². The normalized spacial score (nSPS) is 14.6. The Labute approximate surface area is 142 Å². The van der Waals surface area contributed by atoms with Gasteiger partial charge in [-0.2, -0.15) is 0 Å². The minimum absolute atomic E-state index is 0.0123. The number of rotatable bonds is 7. The highest BCUT2D eigenvalue weighted by Gasteiger charge is 2.25. The van der Waals surface area contributed by atoms with Crippen LogP contribution in [0.4, 0.5) is 11.4 Å². The third kappa shape index (κ3) is 4.95. The molecule has 0 bridgehead atoms. The Morgan fingerprint density at radius 2 is 2.00 bits per heavy atom. The molecule has 2 rings (SSSR count). The van der Waals surface area contributed by atoms with Gasteiger partial charge in [-0.15, -0.1) is 0 Å². The van der Waals surface area contributed by atoms with Crippen molar-refractivity contribution in [3.8, 4) is 0 Å². The maximum absolute atomic E-state index is 12.1. The highest BCUT2D eigenvalue weighted by atomic mass is 32.2. The van der Waals surface area contributed by atoms with Crippen LogP contribution in [0.5, 0.6) is 0 Å². The smallest absolute Gasteiger partial charge is 0.232 e. The van der Waals surface area contributed by atoms with Crippen LogP contribution in [0.3, 0.4) is 0 Å². The second-order valence-corrected chi connectivity index (χ2v) is 7.89. The van der Waals surface area contributed by atoms with Gasteiger partial charge >= 0.3 is 0 Å². The van der Waals surface area contributed by atoms with E-state index >= 15 is 0 Å². The Kier molecular flexibility index (Phi) is 5.82. The Morgan fingerprint density at radius 1 is 1.29 bits per heavy atom. The molecule has 1 aromatic rings. The van der Waals surface area contributed by atoms with E-state index in [4.69, 9.17) is 0 Å². The zero-order valence-electron chi connectivity index (χ0n) is 13.9. The van der Waals surface area contributed by atoms with E-state index in [1.54, 1.807) is 24.3 Å². The summed E-state index contributed by atoms with van der Waals surface area (Å²) in [5.74, 6) is -0.174. The number of hydrogen-bond donors (Lipinski definition) is 2. The van der Waals surface area contributed by atoms with Crippen LogP contribution in [0.2, 0.25) is 0 Å². The van der Waals surface area contributed by atoms with E-state index in [0.29, 0.717) is 11.4 Å². The van der Waals surface area contributed by atoms with Gasteiger partial charge in [-0.05, 0) is 31.0 Å². The summed E-state index contributed by atoms with van der Waals surface area (Å²) in [5.41, 5.74) is 0.966. The van der Waals surface area contributed by atoms with Gasteiger partial charge in [-0.25, -0.2) is 8.42 Å². The molecule has 1 aromatic carbocycles. The highest BCUT2D eigenvalue weighted by Crippen LogP contribution is 2.26. The number of amides is 2. The Hall–Kier alpha value is -2.09. The molecule has 7 nitrogen and oxygen atoms in total. The minimum Gasteiger partial charge on any atom is -0.354 e. The Balaban J connectivity index is 2.05. The third-order valence-electron chi connectivity index (χ3n) is 3.94. The van der Waals surface area contributed by atoms with E-state index in [2.05, 4.69) is 10.6 Å². The molecule has 0 atom stereocenters. The number of benzene rings is 1. The first-order chi connectivity index (χ1) is 11.3. The van der Waals surface area contributed by atoms with Gasteiger partial charge in [0.1, 0.15) is 0 Å². The van der Waals surface area contributed by atoms with Gasteiger partial charge in [0.2, 0.25) is 21.8 Å². The largest absolute Gasteiger partial charge is 0.354 e. The fourth-order valence-corrected chi connectivity index (χ4v) is 3.44. The van der Waals surface area contributed by atoms with E-state index in [0.717, 1.165) is 25.5 Å². The summed E-state index contributed by atoms with van der Waals surface area (Å²) in [6.07, 6.45) is 4.00. The van der Waals surface area contributed by atoms with Crippen LogP contribution in [0.25, 0.3) is 0 Å². The fraction of sp³-hybridized carbons (Fsp3) is 0.500. The average molecular weight is 353 g/mol. The number of nitrogens with zero attached hydrogens (tertiary/aromatic N) is 1. The first kappa shape index (κ1) is 18.3. The van der Waals surface area contributed by atoms with Gasteiger partial charge in [-0.1, -0.05) is 12.5 Å². The van der Waals surface area contributed by atoms with Gasteiger partial charge in [-0.3, -0.25) is 13.9 Å². The van der Waals surface area contributed by atoms with E-state index < -0.39 is 10.0 Å². The minimum atomic E-state index is -3.50. The van der Waals surface area contributed by atoms with Gasteiger partial charge < -0.3 is 10.6 Å². The summed E-state index contributed by atoms with van der Waals surface area (Å²) in [6, 6.07) is 6.60. The topological polar surface area (TPSA) is 95.6 Å². The van der Waals surface area contributed by atoms with Crippen molar-refractivity contribution in [2.24, 2.45) is 5.92 Å². The maximum Gasteiger partial charge on any atom is 0.232 e. The van der Waals surface area contributed by atoms with E-state index in [1.165, 1.54) is 11.2 Å². The summed E-state index contributed by atoms with van der Waals surface area (Å²) in [4.78, 5) is 23.0.